The van der Waals surface area contributed by atoms with Crippen molar-refractivity contribution < 1.29 is 9.53 Å². The van der Waals surface area contributed by atoms with Gasteiger partial charge in [0.2, 0.25) is 0 Å². The summed E-state index contributed by atoms with van der Waals surface area (Å²) in [6, 6.07) is 1.33. The van der Waals surface area contributed by atoms with Crippen LogP contribution in [0.2, 0.25) is 10.0 Å². The minimum absolute atomic E-state index is 0.0233. The Morgan fingerprint density at radius 1 is 1.50 bits per heavy atom. The predicted molar refractivity (Wildman–Crippen MR) is 62.0 cm³/mol. The molecule has 0 spiro atoms. The van der Waals surface area contributed by atoms with Gasteiger partial charge < -0.3 is 9.30 Å². The lowest BCUT2D eigenvalue weighted by Gasteiger charge is -2.09. The van der Waals surface area contributed by atoms with Gasteiger partial charge in [-0.3, -0.25) is 9.59 Å². The average Bonchev–Trinajstić information content (AvgIpc) is 2.11. The number of pyridine rings is 1. The third-order valence-electron chi connectivity index (χ3n) is 1.68. The van der Waals surface area contributed by atoms with E-state index in [1.54, 1.807) is 13.8 Å². The van der Waals surface area contributed by atoms with Crippen LogP contribution in [-0.4, -0.2) is 16.6 Å². The number of hydrogen-bond acceptors (Lipinski definition) is 3. The Morgan fingerprint density at radius 2 is 2.12 bits per heavy atom. The Labute approximate surface area is 103 Å². The van der Waals surface area contributed by atoms with Crippen LogP contribution in [0.3, 0.4) is 0 Å². The first-order valence-electron chi connectivity index (χ1n) is 4.65. The monoisotopic (exact) mass is 263 g/mol. The van der Waals surface area contributed by atoms with Crippen molar-refractivity contribution in [2.24, 2.45) is 0 Å². The molecule has 0 saturated heterocycles. The fraction of sp³-hybridized carbons (Fsp3) is 0.400. The SMILES string of the molecule is CC(C)OC(=O)Cn1cc(Cl)cc(Cl)c1=O. The summed E-state index contributed by atoms with van der Waals surface area (Å²) in [5.74, 6) is -0.504. The maximum absolute atomic E-state index is 11.5. The molecule has 1 rings (SSSR count). The molecule has 0 unspecified atom stereocenters. The summed E-state index contributed by atoms with van der Waals surface area (Å²) in [5, 5.41) is 0.270. The first kappa shape index (κ1) is 13.1. The number of halogens is 2. The Bertz CT molecular complexity index is 454. The highest BCUT2D eigenvalue weighted by Crippen LogP contribution is 2.11. The smallest absolute Gasteiger partial charge is 0.326 e. The number of rotatable bonds is 3. The van der Waals surface area contributed by atoms with E-state index in [4.69, 9.17) is 27.9 Å². The maximum Gasteiger partial charge on any atom is 0.326 e. The van der Waals surface area contributed by atoms with Gasteiger partial charge in [-0.1, -0.05) is 23.2 Å². The van der Waals surface area contributed by atoms with Crippen LogP contribution in [0.25, 0.3) is 0 Å². The Balaban J connectivity index is 2.89. The van der Waals surface area contributed by atoms with Crippen molar-refractivity contribution in [2.45, 2.75) is 26.5 Å². The van der Waals surface area contributed by atoms with Gasteiger partial charge in [0.15, 0.2) is 0 Å². The van der Waals surface area contributed by atoms with E-state index in [1.165, 1.54) is 12.3 Å². The standard InChI is InChI=1S/C10H11Cl2NO3/c1-6(2)16-9(14)5-13-4-7(11)3-8(12)10(13)15/h3-4,6H,5H2,1-2H3. The van der Waals surface area contributed by atoms with Crippen LogP contribution in [0.15, 0.2) is 17.1 Å². The van der Waals surface area contributed by atoms with Crippen molar-refractivity contribution in [2.75, 3.05) is 0 Å². The molecule has 0 bridgehead atoms. The van der Waals surface area contributed by atoms with Crippen molar-refractivity contribution in [3.05, 3.63) is 32.7 Å². The lowest BCUT2D eigenvalue weighted by atomic mass is 10.4. The summed E-state index contributed by atoms with van der Waals surface area (Å²) in [7, 11) is 0. The van der Waals surface area contributed by atoms with Crippen molar-refractivity contribution in [3.63, 3.8) is 0 Å². The summed E-state index contributed by atoms with van der Waals surface area (Å²) in [6.07, 6.45) is 1.12. The highest BCUT2D eigenvalue weighted by Gasteiger charge is 2.10. The van der Waals surface area contributed by atoms with Crippen LogP contribution < -0.4 is 5.56 Å². The molecule has 6 heteroatoms. The van der Waals surface area contributed by atoms with E-state index in [0.717, 1.165) is 4.57 Å². The third-order valence-corrected chi connectivity index (χ3v) is 2.15. The zero-order valence-corrected chi connectivity index (χ0v) is 10.4. The van der Waals surface area contributed by atoms with Crippen LogP contribution in [0, 0.1) is 0 Å². The van der Waals surface area contributed by atoms with Crippen LogP contribution in [0.4, 0.5) is 0 Å². The largest absolute Gasteiger partial charge is 0.462 e. The van der Waals surface area contributed by atoms with Crippen molar-refractivity contribution in [1.29, 1.82) is 0 Å². The summed E-state index contributed by atoms with van der Waals surface area (Å²) in [5.41, 5.74) is -0.466. The summed E-state index contributed by atoms with van der Waals surface area (Å²) in [4.78, 5) is 22.8. The third kappa shape index (κ3) is 3.54. The van der Waals surface area contributed by atoms with E-state index < -0.39 is 11.5 Å². The number of hydrogen-bond donors (Lipinski definition) is 0. The highest BCUT2D eigenvalue weighted by molar-refractivity contribution is 6.34. The lowest BCUT2D eigenvalue weighted by molar-refractivity contribution is -0.148. The molecule has 16 heavy (non-hydrogen) atoms. The second-order valence-electron chi connectivity index (χ2n) is 3.48. The Kier molecular flexibility index (Phi) is 4.38. The minimum Gasteiger partial charge on any atom is -0.462 e. The zero-order chi connectivity index (χ0) is 12.3. The molecule has 1 heterocycles. The van der Waals surface area contributed by atoms with Crippen molar-refractivity contribution >= 4 is 29.2 Å². The van der Waals surface area contributed by atoms with Gasteiger partial charge in [0, 0.05) is 6.20 Å². The molecular weight excluding hydrogens is 253 g/mol. The molecule has 0 aliphatic heterocycles. The van der Waals surface area contributed by atoms with Gasteiger partial charge >= 0.3 is 5.97 Å². The zero-order valence-electron chi connectivity index (χ0n) is 8.87. The molecule has 0 fully saturated rings. The van der Waals surface area contributed by atoms with E-state index in [9.17, 15) is 9.59 Å². The molecule has 0 amide bonds. The van der Waals surface area contributed by atoms with Crippen LogP contribution >= 0.6 is 23.2 Å². The van der Waals surface area contributed by atoms with E-state index in [0.29, 0.717) is 5.02 Å². The minimum atomic E-state index is -0.504. The van der Waals surface area contributed by atoms with Gasteiger partial charge in [-0.15, -0.1) is 0 Å². The molecule has 0 N–H and O–H groups in total. The van der Waals surface area contributed by atoms with Crippen molar-refractivity contribution in [3.8, 4) is 0 Å². The first-order valence-corrected chi connectivity index (χ1v) is 5.40. The number of aromatic nitrogens is 1. The molecule has 0 aliphatic rings. The van der Waals surface area contributed by atoms with Crippen molar-refractivity contribution in [1.82, 2.24) is 4.57 Å². The van der Waals surface area contributed by atoms with Crippen LogP contribution in [-0.2, 0) is 16.1 Å². The van der Waals surface area contributed by atoms with E-state index >= 15 is 0 Å². The summed E-state index contributed by atoms with van der Waals surface area (Å²) in [6.45, 7) is 3.26. The fourth-order valence-corrected chi connectivity index (χ4v) is 1.63. The van der Waals surface area contributed by atoms with E-state index in [1.807, 2.05) is 0 Å². The molecule has 0 saturated carbocycles. The van der Waals surface area contributed by atoms with Gasteiger partial charge in [-0.2, -0.15) is 0 Å². The van der Waals surface area contributed by atoms with Crippen LogP contribution in [0.1, 0.15) is 13.8 Å². The number of carbonyl (C=O) groups excluding carboxylic acids is 1. The normalized spacial score (nSPS) is 10.6. The number of carbonyl (C=O) groups is 1. The molecular formula is C10H11Cl2NO3. The van der Waals surface area contributed by atoms with Gasteiger partial charge in [0.25, 0.3) is 5.56 Å². The average molecular weight is 264 g/mol. The summed E-state index contributed by atoms with van der Waals surface area (Å²) >= 11 is 11.4. The van der Waals surface area contributed by atoms with Gasteiger partial charge in [0.05, 0.1) is 11.1 Å². The molecule has 0 atom stereocenters. The Hall–Kier alpha value is -1.00. The number of ether oxygens (including phenoxy) is 1. The second kappa shape index (κ2) is 5.37. The molecule has 1 aromatic rings. The Morgan fingerprint density at radius 3 is 2.69 bits per heavy atom. The molecule has 0 aliphatic carbocycles. The molecule has 1 aromatic heterocycles. The molecule has 0 aromatic carbocycles. The van der Waals surface area contributed by atoms with E-state index in [2.05, 4.69) is 0 Å². The quantitative estimate of drug-likeness (QED) is 0.785. The summed E-state index contributed by atoms with van der Waals surface area (Å²) < 4.78 is 6.02. The molecule has 0 radical (unpaired) electrons. The predicted octanol–water partition coefficient (Wildman–Crippen LogP) is 2.11. The van der Waals surface area contributed by atoms with Crippen LogP contribution in [0.5, 0.6) is 0 Å². The molecule has 88 valence electrons. The number of nitrogens with zero attached hydrogens (tertiary/aromatic N) is 1. The van der Waals surface area contributed by atoms with Gasteiger partial charge in [0.1, 0.15) is 11.6 Å². The highest BCUT2D eigenvalue weighted by atomic mass is 35.5. The fourth-order valence-electron chi connectivity index (χ4n) is 1.12. The number of esters is 1. The first-order chi connectivity index (χ1) is 7.40. The second-order valence-corrected chi connectivity index (χ2v) is 4.32. The lowest BCUT2D eigenvalue weighted by Crippen LogP contribution is -2.26. The maximum atomic E-state index is 11.5. The van der Waals surface area contributed by atoms with Gasteiger partial charge in [-0.25, -0.2) is 0 Å². The van der Waals surface area contributed by atoms with E-state index in [-0.39, 0.29) is 17.7 Å². The van der Waals surface area contributed by atoms with Gasteiger partial charge in [-0.05, 0) is 19.9 Å². The molecule has 4 nitrogen and oxygen atoms in total. The topological polar surface area (TPSA) is 48.3 Å².